The number of amides is 1. The zero-order valence-corrected chi connectivity index (χ0v) is 15.9. The standard InChI is InChI=1S/C18H17Cl2N5O2/c19-15-14-10-21-25(16(14)23-17(20)22-15)13-6-8-24(9-7-13)18(26)27-11-12-4-2-1-3-5-12/h1-5,10,13H,6-9,11H2. The molecule has 9 heteroatoms. The van der Waals surface area contributed by atoms with Crippen molar-refractivity contribution in [1.82, 2.24) is 24.6 Å². The van der Waals surface area contributed by atoms with E-state index in [0.29, 0.717) is 24.1 Å². The van der Waals surface area contributed by atoms with E-state index in [0.717, 1.165) is 18.4 Å². The van der Waals surface area contributed by atoms with Gasteiger partial charge in [-0.2, -0.15) is 10.1 Å². The number of likely N-dealkylation sites (tertiary alicyclic amines) is 1. The molecule has 3 heterocycles. The number of hydrogen-bond donors (Lipinski definition) is 0. The van der Waals surface area contributed by atoms with E-state index in [1.165, 1.54) is 0 Å². The molecule has 1 fully saturated rings. The Morgan fingerprint density at radius 3 is 2.63 bits per heavy atom. The van der Waals surface area contributed by atoms with Gasteiger partial charge in [-0.25, -0.2) is 14.5 Å². The maximum Gasteiger partial charge on any atom is 0.410 e. The summed E-state index contributed by atoms with van der Waals surface area (Å²) in [5, 5.41) is 5.46. The van der Waals surface area contributed by atoms with Crippen molar-refractivity contribution < 1.29 is 9.53 Å². The average molecular weight is 406 g/mol. The Balaban J connectivity index is 1.38. The van der Waals surface area contributed by atoms with Crippen LogP contribution in [0.15, 0.2) is 36.5 Å². The third kappa shape index (κ3) is 3.84. The summed E-state index contributed by atoms with van der Waals surface area (Å²) in [4.78, 5) is 22.2. The highest BCUT2D eigenvalue weighted by Gasteiger charge is 2.27. The van der Waals surface area contributed by atoms with Crippen molar-refractivity contribution in [2.24, 2.45) is 0 Å². The van der Waals surface area contributed by atoms with E-state index in [1.54, 1.807) is 11.1 Å². The first-order valence-corrected chi connectivity index (χ1v) is 9.39. The van der Waals surface area contributed by atoms with Crippen molar-refractivity contribution in [3.8, 4) is 0 Å². The number of nitrogens with zero attached hydrogens (tertiary/aromatic N) is 5. The number of halogens is 2. The maximum atomic E-state index is 12.3. The first-order valence-electron chi connectivity index (χ1n) is 8.63. The van der Waals surface area contributed by atoms with Crippen LogP contribution in [-0.4, -0.2) is 43.8 Å². The van der Waals surface area contributed by atoms with Crippen LogP contribution in [0, 0.1) is 0 Å². The molecule has 0 aliphatic carbocycles. The predicted molar refractivity (Wildman–Crippen MR) is 102 cm³/mol. The highest BCUT2D eigenvalue weighted by Crippen LogP contribution is 2.28. The predicted octanol–water partition coefficient (Wildman–Crippen LogP) is 4.11. The zero-order valence-electron chi connectivity index (χ0n) is 14.4. The molecule has 0 atom stereocenters. The summed E-state index contributed by atoms with van der Waals surface area (Å²) in [7, 11) is 0. The minimum atomic E-state index is -0.295. The van der Waals surface area contributed by atoms with E-state index in [9.17, 15) is 4.79 Å². The number of aromatic nitrogens is 4. The van der Waals surface area contributed by atoms with Crippen LogP contribution >= 0.6 is 23.2 Å². The third-order valence-corrected chi connectivity index (χ3v) is 5.11. The largest absolute Gasteiger partial charge is 0.445 e. The normalized spacial score (nSPS) is 15.3. The fraction of sp³-hybridized carbons (Fsp3) is 0.333. The monoisotopic (exact) mass is 405 g/mol. The number of rotatable bonds is 3. The van der Waals surface area contributed by atoms with Gasteiger partial charge in [-0.1, -0.05) is 41.9 Å². The Bertz CT molecular complexity index is 955. The van der Waals surface area contributed by atoms with Gasteiger partial charge < -0.3 is 9.64 Å². The summed E-state index contributed by atoms with van der Waals surface area (Å²) in [6.45, 7) is 1.45. The first-order chi connectivity index (χ1) is 13.1. The number of carbonyl (C=O) groups is 1. The van der Waals surface area contributed by atoms with Crippen molar-refractivity contribution in [3.63, 3.8) is 0 Å². The second kappa shape index (κ2) is 7.70. The fourth-order valence-corrected chi connectivity index (χ4v) is 3.66. The molecule has 3 aromatic rings. The number of fused-ring (bicyclic) bond motifs is 1. The van der Waals surface area contributed by atoms with Crippen molar-refractivity contribution in [3.05, 3.63) is 52.5 Å². The number of hydrogen-bond acceptors (Lipinski definition) is 5. The van der Waals surface area contributed by atoms with Crippen LogP contribution in [0.4, 0.5) is 4.79 Å². The highest BCUT2D eigenvalue weighted by molar-refractivity contribution is 6.35. The summed E-state index contributed by atoms with van der Waals surface area (Å²) in [5.74, 6) is 0. The van der Waals surface area contributed by atoms with Gasteiger partial charge >= 0.3 is 6.09 Å². The van der Waals surface area contributed by atoms with Gasteiger partial charge in [-0.05, 0) is 30.0 Å². The molecule has 1 aromatic carbocycles. The summed E-state index contributed by atoms with van der Waals surface area (Å²) in [6.07, 6.45) is 2.84. The summed E-state index contributed by atoms with van der Waals surface area (Å²) in [5.41, 5.74) is 1.59. The Morgan fingerprint density at radius 2 is 1.89 bits per heavy atom. The van der Waals surface area contributed by atoms with Crippen LogP contribution in [0.5, 0.6) is 0 Å². The lowest BCUT2D eigenvalue weighted by Crippen LogP contribution is -2.39. The molecule has 0 spiro atoms. The summed E-state index contributed by atoms with van der Waals surface area (Å²) >= 11 is 12.0. The van der Waals surface area contributed by atoms with Crippen LogP contribution in [0.2, 0.25) is 10.4 Å². The molecule has 1 saturated heterocycles. The van der Waals surface area contributed by atoms with Gasteiger partial charge in [0.05, 0.1) is 17.6 Å². The highest BCUT2D eigenvalue weighted by atomic mass is 35.5. The van der Waals surface area contributed by atoms with Gasteiger partial charge in [0, 0.05) is 13.1 Å². The lowest BCUT2D eigenvalue weighted by Gasteiger charge is -2.31. The average Bonchev–Trinajstić information content (AvgIpc) is 3.11. The van der Waals surface area contributed by atoms with E-state index in [1.807, 2.05) is 35.0 Å². The fourth-order valence-electron chi connectivity index (χ4n) is 3.24. The summed E-state index contributed by atoms with van der Waals surface area (Å²) < 4.78 is 7.23. The van der Waals surface area contributed by atoms with Gasteiger partial charge in [0.15, 0.2) is 5.65 Å². The molecule has 140 valence electrons. The van der Waals surface area contributed by atoms with Crippen LogP contribution in [0.25, 0.3) is 11.0 Å². The van der Waals surface area contributed by atoms with Crippen molar-refractivity contribution in [2.45, 2.75) is 25.5 Å². The van der Waals surface area contributed by atoms with Crippen LogP contribution < -0.4 is 0 Å². The molecular formula is C18H17Cl2N5O2. The molecule has 2 aromatic heterocycles. The smallest absolute Gasteiger partial charge is 0.410 e. The van der Waals surface area contributed by atoms with Gasteiger partial charge in [0.25, 0.3) is 0 Å². The maximum absolute atomic E-state index is 12.3. The topological polar surface area (TPSA) is 73.1 Å². The Hall–Kier alpha value is -2.38. The zero-order chi connectivity index (χ0) is 18.8. The lowest BCUT2D eigenvalue weighted by atomic mass is 10.1. The Labute approximate surface area is 165 Å². The van der Waals surface area contributed by atoms with Crippen LogP contribution in [0.3, 0.4) is 0 Å². The SMILES string of the molecule is O=C(OCc1ccccc1)N1CCC(n2ncc3c(Cl)nc(Cl)nc32)CC1. The molecule has 7 nitrogen and oxygen atoms in total. The molecular weight excluding hydrogens is 389 g/mol. The molecule has 1 aliphatic heterocycles. The molecule has 4 rings (SSSR count). The molecule has 0 radical (unpaired) electrons. The first kappa shape index (κ1) is 18.0. The number of piperidine rings is 1. The summed E-state index contributed by atoms with van der Waals surface area (Å²) in [6, 6.07) is 9.75. The van der Waals surface area contributed by atoms with Gasteiger partial charge in [-0.15, -0.1) is 0 Å². The third-order valence-electron chi connectivity index (χ3n) is 4.65. The molecule has 0 saturated carbocycles. The second-order valence-corrected chi connectivity index (χ2v) is 7.06. The van der Waals surface area contributed by atoms with E-state index >= 15 is 0 Å². The molecule has 0 unspecified atom stereocenters. The molecule has 27 heavy (non-hydrogen) atoms. The Kier molecular flexibility index (Phi) is 5.13. The van der Waals surface area contributed by atoms with Crippen molar-refractivity contribution in [1.29, 1.82) is 0 Å². The Morgan fingerprint density at radius 1 is 1.15 bits per heavy atom. The van der Waals surface area contributed by atoms with Crippen molar-refractivity contribution in [2.75, 3.05) is 13.1 Å². The van der Waals surface area contributed by atoms with E-state index in [4.69, 9.17) is 27.9 Å². The van der Waals surface area contributed by atoms with Gasteiger partial charge in [-0.3, -0.25) is 0 Å². The number of carbonyl (C=O) groups excluding carboxylic acids is 1. The quantitative estimate of drug-likeness (QED) is 0.484. The van der Waals surface area contributed by atoms with Crippen LogP contribution in [0.1, 0.15) is 24.4 Å². The van der Waals surface area contributed by atoms with Crippen molar-refractivity contribution >= 4 is 40.3 Å². The van der Waals surface area contributed by atoms with Gasteiger partial charge in [0.2, 0.25) is 5.28 Å². The molecule has 0 N–H and O–H groups in total. The minimum absolute atomic E-state index is 0.0937. The second-order valence-electron chi connectivity index (χ2n) is 6.37. The van der Waals surface area contributed by atoms with E-state index in [2.05, 4.69) is 15.1 Å². The van der Waals surface area contributed by atoms with E-state index < -0.39 is 0 Å². The minimum Gasteiger partial charge on any atom is -0.445 e. The molecule has 0 bridgehead atoms. The lowest BCUT2D eigenvalue weighted by molar-refractivity contribution is 0.0824. The van der Waals surface area contributed by atoms with E-state index in [-0.39, 0.29) is 29.2 Å². The van der Waals surface area contributed by atoms with Crippen LogP contribution in [-0.2, 0) is 11.3 Å². The molecule has 1 aliphatic rings. The molecule has 1 amide bonds. The number of ether oxygens (including phenoxy) is 1. The van der Waals surface area contributed by atoms with Gasteiger partial charge in [0.1, 0.15) is 11.8 Å². The number of benzene rings is 1.